The van der Waals surface area contributed by atoms with Gasteiger partial charge in [-0.2, -0.15) is 0 Å². The van der Waals surface area contributed by atoms with Crippen LogP contribution in [0.2, 0.25) is 0 Å². The third kappa shape index (κ3) is 0.764. The third-order valence-corrected chi connectivity index (χ3v) is 2.14. The first-order chi connectivity index (χ1) is 4.31. The van der Waals surface area contributed by atoms with Crippen molar-refractivity contribution in [1.29, 1.82) is 0 Å². The zero-order chi connectivity index (χ0) is 6.32. The Morgan fingerprint density at radius 2 is 2.33 bits per heavy atom. The van der Waals surface area contributed by atoms with Crippen LogP contribution in [-0.2, 0) is 4.84 Å². The van der Waals surface area contributed by atoms with Gasteiger partial charge in [-0.3, -0.25) is 0 Å². The lowest BCUT2D eigenvalue weighted by Gasteiger charge is -2.44. The molecule has 2 heterocycles. The van der Waals surface area contributed by atoms with Crippen LogP contribution in [0.1, 0.15) is 0 Å². The molecule has 2 rings (SSSR count). The smallest absolute Gasteiger partial charge is 0.0776 e. The first-order valence-electron chi connectivity index (χ1n) is 3.34. The number of likely N-dealkylation sites (tertiary alicyclic amines) is 1. The molecule has 0 atom stereocenters. The summed E-state index contributed by atoms with van der Waals surface area (Å²) in [5.74, 6) is 0. The number of hydrogen-bond acceptors (Lipinski definition) is 3. The summed E-state index contributed by atoms with van der Waals surface area (Å²) in [5.41, 5.74) is 3.39. The fraction of sp³-hybridized carbons (Fsp3) is 1.00. The predicted molar refractivity (Wildman–Crippen MR) is 33.9 cm³/mol. The van der Waals surface area contributed by atoms with E-state index in [4.69, 9.17) is 4.84 Å². The average molecular weight is 128 g/mol. The highest BCUT2D eigenvalue weighted by molar-refractivity contribution is 4.96. The van der Waals surface area contributed by atoms with E-state index in [0.717, 1.165) is 13.2 Å². The topological polar surface area (TPSA) is 24.5 Å². The van der Waals surface area contributed by atoms with Crippen LogP contribution in [0.4, 0.5) is 0 Å². The number of hydrogen-bond donors (Lipinski definition) is 1. The van der Waals surface area contributed by atoms with E-state index < -0.39 is 0 Å². The van der Waals surface area contributed by atoms with E-state index in [0.29, 0.717) is 5.41 Å². The molecule has 0 aromatic rings. The zero-order valence-electron chi connectivity index (χ0n) is 5.68. The van der Waals surface area contributed by atoms with Gasteiger partial charge in [0.05, 0.1) is 6.61 Å². The molecule has 2 aliphatic rings. The Kier molecular flexibility index (Phi) is 1.06. The highest BCUT2D eigenvalue weighted by Gasteiger charge is 2.44. The molecule has 3 nitrogen and oxygen atoms in total. The summed E-state index contributed by atoms with van der Waals surface area (Å²) >= 11 is 0. The van der Waals surface area contributed by atoms with Crippen LogP contribution in [0.15, 0.2) is 0 Å². The van der Waals surface area contributed by atoms with E-state index in [1.54, 1.807) is 0 Å². The molecule has 0 aromatic heterocycles. The van der Waals surface area contributed by atoms with Crippen molar-refractivity contribution in [2.75, 3.05) is 33.3 Å². The fourth-order valence-corrected chi connectivity index (χ4v) is 1.76. The first kappa shape index (κ1) is 5.65. The van der Waals surface area contributed by atoms with E-state index in [1.165, 1.54) is 13.1 Å². The van der Waals surface area contributed by atoms with Crippen molar-refractivity contribution in [2.45, 2.75) is 0 Å². The summed E-state index contributed by atoms with van der Waals surface area (Å²) in [6.07, 6.45) is 0. The lowest BCUT2D eigenvalue weighted by atomic mass is 9.82. The highest BCUT2D eigenvalue weighted by atomic mass is 16.7. The molecule has 2 fully saturated rings. The minimum Gasteiger partial charge on any atom is -0.305 e. The highest BCUT2D eigenvalue weighted by Crippen LogP contribution is 2.30. The van der Waals surface area contributed by atoms with Crippen molar-refractivity contribution in [3.63, 3.8) is 0 Å². The summed E-state index contributed by atoms with van der Waals surface area (Å²) in [7, 11) is 2.14. The molecule has 2 saturated heterocycles. The molecule has 1 spiro atoms. The molecule has 0 amide bonds. The maximum atomic E-state index is 5.07. The monoisotopic (exact) mass is 128 g/mol. The van der Waals surface area contributed by atoms with E-state index >= 15 is 0 Å². The van der Waals surface area contributed by atoms with Gasteiger partial charge < -0.3 is 9.74 Å². The van der Waals surface area contributed by atoms with E-state index in [2.05, 4.69) is 17.4 Å². The van der Waals surface area contributed by atoms with Gasteiger partial charge in [-0.1, -0.05) is 0 Å². The fourth-order valence-electron chi connectivity index (χ4n) is 1.76. The molecule has 2 aliphatic heterocycles. The van der Waals surface area contributed by atoms with Crippen molar-refractivity contribution in [3.05, 3.63) is 0 Å². The summed E-state index contributed by atoms with van der Waals surface area (Å²) < 4.78 is 0. The molecular weight excluding hydrogens is 116 g/mol. The van der Waals surface area contributed by atoms with E-state index in [-0.39, 0.29) is 0 Å². The number of nitrogens with zero attached hydrogens (tertiary/aromatic N) is 1. The lowest BCUT2D eigenvalue weighted by molar-refractivity contribution is 0.0108. The number of rotatable bonds is 0. The van der Waals surface area contributed by atoms with Crippen molar-refractivity contribution in [2.24, 2.45) is 5.41 Å². The Labute approximate surface area is 54.9 Å². The molecule has 52 valence electrons. The lowest BCUT2D eigenvalue weighted by Crippen LogP contribution is -2.56. The van der Waals surface area contributed by atoms with Gasteiger partial charge in [-0.05, 0) is 7.05 Å². The maximum Gasteiger partial charge on any atom is 0.0776 e. The second-order valence-electron chi connectivity index (χ2n) is 3.28. The summed E-state index contributed by atoms with van der Waals surface area (Å²) in [6.45, 7) is 4.33. The molecule has 0 unspecified atom stereocenters. The Bertz CT molecular complexity index is 112. The molecule has 9 heavy (non-hydrogen) atoms. The maximum absolute atomic E-state index is 5.07. The minimum absolute atomic E-state index is 0.481. The van der Waals surface area contributed by atoms with Crippen LogP contribution in [0, 0.1) is 5.41 Å². The van der Waals surface area contributed by atoms with Gasteiger partial charge in [0.1, 0.15) is 0 Å². The predicted octanol–water partition coefficient (Wildman–Crippen LogP) is -0.547. The van der Waals surface area contributed by atoms with Crippen molar-refractivity contribution < 1.29 is 4.84 Å². The molecule has 0 saturated carbocycles. The van der Waals surface area contributed by atoms with Gasteiger partial charge in [0.25, 0.3) is 0 Å². The molecule has 0 aliphatic carbocycles. The normalized spacial score (nSPS) is 33.0. The van der Waals surface area contributed by atoms with Crippen LogP contribution < -0.4 is 5.48 Å². The second kappa shape index (κ2) is 1.68. The molecule has 3 heteroatoms. The summed E-state index contributed by atoms with van der Waals surface area (Å²) in [5, 5.41) is 0. The standard InChI is InChI=1S/C6H12N2O/c1-8-3-6(4-8)2-7-9-5-6/h7H,2-5H2,1H3. The van der Waals surface area contributed by atoms with Gasteiger partial charge in [-0.25, -0.2) is 5.48 Å². The van der Waals surface area contributed by atoms with Crippen LogP contribution in [0.25, 0.3) is 0 Å². The third-order valence-electron chi connectivity index (χ3n) is 2.14. The van der Waals surface area contributed by atoms with Gasteiger partial charge in [0.15, 0.2) is 0 Å². The summed E-state index contributed by atoms with van der Waals surface area (Å²) in [6, 6.07) is 0. The van der Waals surface area contributed by atoms with Gasteiger partial charge in [0, 0.05) is 25.0 Å². The van der Waals surface area contributed by atoms with Crippen molar-refractivity contribution in [3.8, 4) is 0 Å². The Balaban J connectivity index is 1.95. The van der Waals surface area contributed by atoms with Crippen LogP contribution in [-0.4, -0.2) is 38.2 Å². The molecular formula is C6H12N2O. The molecule has 1 N–H and O–H groups in total. The zero-order valence-corrected chi connectivity index (χ0v) is 5.68. The van der Waals surface area contributed by atoms with Crippen molar-refractivity contribution >= 4 is 0 Å². The largest absolute Gasteiger partial charge is 0.305 e. The number of hydroxylamine groups is 1. The Morgan fingerprint density at radius 1 is 1.56 bits per heavy atom. The van der Waals surface area contributed by atoms with Gasteiger partial charge >= 0.3 is 0 Å². The van der Waals surface area contributed by atoms with E-state index in [1.807, 2.05) is 0 Å². The Hall–Kier alpha value is -0.120. The quantitative estimate of drug-likeness (QED) is 0.474. The van der Waals surface area contributed by atoms with Crippen molar-refractivity contribution in [1.82, 2.24) is 10.4 Å². The van der Waals surface area contributed by atoms with Gasteiger partial charge in [0.2, 0.25) is 0 Å². The van der Waals surface area contributed by atoms with Crippen LogP contribution in [0.5, 0.6) is 0 Å². The van der Waals surface area contributed by atoms with Gasteiger partial charge in [-0.15, -0.1) is 0 Å². The minimum atomic E-state index is 0.481. The first-order valence-corrected chi connectivity index (χ1v) is 3.34. The van der Waals surface area contributed by atoms with Crippen LogP contribution >= 0.6 is 0 Å². The summed E-state index contributed by atoms with van der Waals surface area (Å²) in [4.78, 5) is 7.39. The Morgan fingerprint density at radius 3 is 2.78 bits per heavy atom. The SMILES string of the molecule is CN1CC2(CNOC2)C1. The second-order valence-corrected chi connectivity index (χ2v) is 3.28. The number of nitrogens with one attached hydrogen (secondary N) is 1. The van der Waals surface area contributed by atoms with E-state index in [9.17, 15) is 0 Å². The average Bonchev–Trinajstić information content (AvgIpc) is 2.12. The van der Waals surface area contributed by atoms with Crippen LogP contribution in [0.3, 0.4) is 0 Å². The molecule has 0 radical (unpaired) electrons. The molecule has 0 aromatic carbocycles. The molecule has 0 bridgehead atoms.